The predicted octanol–water partition coefficient (Wildman–Crippen LogP) is 3.24. The third kappa shape index (κ3) is 2.92. The highest BCUT2D eigenvalue weighted by molar-refractivity contribution is 5.91. The number of rotatable bonds is 4. The van der Waals surface area contributed by atoms with E-state index >= 15 is 0 Å². The summed E-state index contributed by atoms with van der Waals surface area (Å²) < 4.78 is 0. The fraction of sp³-hybridized carbons (Fsp3) is 0.611. The van der Waals surface area contributed by atoms with Gasteiger partial charge in [-0.15, -0.1) is 0 Å². The zero-order valence-electron chi connectivity index (χ0n) is 12.9. The van der Waals surface area contributed by atoms with Crippen molar-refractivity contribution in [2.75, 3.05) is 12.3 Å². The molecule has 3 N–H and O–H groups in total. The van der Waals surface area contributed by atoms with E-state index in [4.69, 9.17) is 5.73 Å². The number of carbonyl (C=O) groups excluding carboxylic acids is 1. The second-order valence-corrected chi connectivity index (χ2v) is 6.94. The summed E-state index contributed by atoms with van der Waals surface area (Å²) in [6.07, 6.45) is 7.15. The van der Waals surface area contributed by atoms with Gasteiger partial charge in [0.25, 0.3) is 0 Å². The number of nitrogens with two attached hydrogens (primary N) is 1. The van der Waals surface area contributed by atoms with Crippen molar-refractivity contribution in [2.24, 2.45) is 11.8 Å². The van der Waals surface area contributed by atoms with E-state index in [-0.39, 0.29) is 11.3 Å². The van der Waals surface area contributed by atoms with Crippen LogP contribution < -0.4 is 11.1 Å². The molecule has 1 aromatic rings. The summed E-state index contributed by atoms with van der Waals surface area (Å²) in [5.41, 5.74) is 7.34. The van der Waals surface area contributed by atoms with Crippen LogP contribution in [-0.4, -0.2) is 12.5 Å². The molecule has 1 aromatic carbocycles. The molecule has 3 nitrogen and oxygen atoms in total. The molecule has 2 aliphatic carbocycles. The van der Waals surface area contributed by atoms with Crippen LogP contribution in [0.3, 0.4) is 0 Å². The summed E-state index contributed by atoms with van der Waals surface area (Å²) in [6, 6.07) is 7.80. The largest absolute Gasteiger partial charge is 0.399 e. The van der Waals surface area contributed by atoms with E-state index in [9.17, 15) is 4.79 Å². The van der Waals surface area contributed by atoms with Gasteiger partial charge < -0.3 is 11.1 Å². The molecule has 3 rings (SSSR count). The number of carbonyl (C=O) groups is 1. The van der Waals surface area contributed by atoms with Gasteiger partial charge in [0.2, 0.25) is 5.91 Å². The molecule has 2 aliphatic rings. The molecule has 0 aliphatic heterocycles. The fourth-order valence-corrected chi connectivity index (χ4v) is 3.66. The Kier molecular flexibility index (Phi) is 3.92. The van der Waals surface area contributed by atoms with Gasteiger partial charge in [0.05, 0.1) is 5.41 Å². The van der Waals surface area contributed by atoms with Crippen molar-refractivity contribution < 1.29 is 4.79 Å². The maximum Gasteiger partial charge on any atom is 0.230 e. The molecule has 2 atom stereocenters. The van der Waals surface area contributed by atoms with Crippen molar-refractivity contribution in [1.82, 2.24) is 5.32 Å². The lowest BCUT2D eigenvalue weighted by molar-refractivity contribution is -0.123. The molecule has 0 saturated heterocycles. The number of nitrogen functional groups attached to an aromatic ring is 1. The average Bonchev–Trinajstić information content (AvgIpc) is 3.28. The minimum atomic E-state index is -0.272. The van der Waals surface area contributed by atoms with Gasteiger partial charge in [0.1, 0.15) is 0 Å². The molecule has 21 heavy (non-hydrogen) atoms. The van der Waals surface area contributed by atoms with E-state index < -0.39 is 0 Å². The highest BCUT2D eigenvalue weighted by Crippen LogP contribution is 2.48. The minimum absolute atomic E-state index is 0.213. The molecule has 2 fully saturated rings. The maximum absolute atomic E-state index is 12.6. The fourth-order valence-electron chi connectivity index (χ4n) is 3.66. The molecule has 0 radical (unpaired) electrons. The van der Waals surface area contributed by atoms with Crippen molar-refractivity contribution in [3.8, 4) is 0 Å². The van der Waals surface area contributed by atoms with Crippen LogP contribution in [0.1, 0.15) is 51.0 Å². The van der Waals surface area contributed by atoms with Gasteiger partial charge >= 0.3 is 0 Å². The van der Waals surface area contributed by atoms with Crippen LogP contribution in [0.5, 0.6) is 0 Å². The van der Waals surface area contributed by atoms with E-state index in [1.54, 1.807) is 0 Å². The van der Waals surface area contributed by atoms with E-state index in [2.05, 4.69) is 12.2 Å². The van der Waals surface area contributed by atoms with Gasteiger partial charge in [-0.25, -0.2) is 0 Å². The van der Waals surface area contributed by atoms with E-state index in [1.807, 2.05) is 24.3 Å². The molecule has 2 saturated carbocycles. The second-order valence-electron chi connectivity index (χ2n) is 6.94. The van der Waals surface area contributed by atoms with E-state index in [0.29, 0.717) is 5.92 Å². The molecule has 1 amide bonds. The second kappa shape index (κ2) is 5.70. The lowest BCUT2D eigenvalue weighted by atomic mass is 9.80. The zero-order valence-corrected chi connectivity index (χ0v) is 12.9. The normalized spacial score (nSPS) is 27.1. The van der Waals surface area contributed by atoms with Crippen LogP contribution in [0, 0.1) is 11.8 Å². The van der Waals surface area contributed by atoms with Crippen molar-refractivity contribution in [2.45, 2.75) is 50.9 Å². The number of anilines is 1. The van der Waals surface area contributed by atoms with Crippen molar-refractivity contribution >= 4 is 11.6 Å². The van der Waals surface area contributed by atoms with Crippen molar-refractivity contribution in [3.05, 3.63) is 29.8 Å². The van der Waals surface area contributed by atoms with Crippen molar-refractivity contribution in [1.29, 1.82) is 0 Å². The molecule has 3 heteroatoms. The van der Waals surface area contributed by atoms with Gasteiger partial charge in [0.15, 0.2) is 0 Å². The molecule has 114 valence electrons. The zero-order chi connectivity index (χ0) is 14.9. The molecule has 0 spiro atoms. The van der Waals surface area contributed by atoms with Gasteiger partial charge in [-0.3, -0.25) is 4.79 Å². The number of nitrogens with one attached hydrogen (secondary N) is 1. The summed E-state index contributed by atoms with van der Waals surface area (Å²) in [7, 11) is 0. The highest BCUT2D eigenvalue weighted by atomic mass is 16.2. The standard InChI is InChI=1S/C18H26N2O/c1-13-4-2-3-5-14(13)12-20-17(21)18(10-11-18)15-6-8-16(19)9-7-15/h6-9,13-14H,2-5,10-12,19H2,1H3,(H,20,21). The summed E-state index contributed by atoms with van der Waals surface area (Å²) in [6.45, 7) is 3.17. The Morgan fingerprint density at radius 2 is 1.90 bits per heavy atom. The smallest absolute Gasteiger partial charge is 0.230 e. The number of amides is 1. The number of hydrogen-bond donors (Lipinski definition) is 2. The first-order valence-electron chi connectivity index (χ1n) is 8.26. The third-order valence-corrected chi connectivity index (χ3v) is 5.46. The van der Waals surface area contributed by atoms with Crippen LogP contribution in [0.15, 0.2) is 24.3 Å². The number of benzene rings is 1. The Hall–Kier alpha value is -1.51. The summed E-state index contributed by atoms with van der Waals surface area (Å²) in [5, 5.41) is 3.23. The summed E-state index contributed by atoms with van der Waals surface area (Å²) in [4.78, 5) is 12.6. The Balaban J connectivity index is 1.61. The van der Waals surface area contributed by atoms with Crippen LogP contribution in [0.25, 0.3) is 0 Å². The average molecular weight is 286 g/mol. The van der Waals surface area contributed by atoms with Crippen LogP contribution in [-0.2, 0) is 10.2 Å². The van der Waals surface area contributed by atoms with Crippen LogP contribution in [0.4, 0.5) is 5.69 Å². The monoisotopic (exact) mass is 286 g/mol. The SMILES string of the molecule is CC1CCCCC1CNC(=O)C1(c2ccc(N)cc2)CC1. The number of hydrogen-bond acceptors (Lipinski definition) is 2. The maximum atomic E-state index is 12.6. The van der Waals surface area contributed by atoms with Crippen LogP contribution in [0.2, 0.25) is 0 Å². The quantitative estimate of drug-likeness (QED) is 0.835. The Morgan fingerprint density at radius 3 is 2.52 bits per heavy atom. The van der Waals surface area contributed by atoms with Gasteiger partial charge in [-0.1, -0.05) is 38.3 Å². The van der Waals surface area contributed by atoms with Crippen LogP contribution >= 0.6 is 0 Å². The molecular formula is C18H26N2O. The Morgan fingerprint density at radius 1 is 1.24 bits per heavy atom. The lowest BCUT2D eigenvalue weighted by Gasteiger charge is -2.29. The molecule has 0 bridgehead atoms. The third-order valence-electron chi connectivity index (χ3n) is 5.46. The minimum Gasteiger partial charge on any atom is -0.399 e. The van der Waals surface area contributed by atoms with Gasteiger partial charge in [0, 0.05) is 12.2 Å². The van der Waals surface area contributed by atoms with E-state index in [1.165, 1.54) is 25.7 Å². The lowest BCUT2D eigenvalue weighted by Crippen LogP contribution is -2.39. The molecule has 0 heterocycles. The van der Waals surface area contributed by atoms with Gasteiger partial charge in [-0.05, 0) is 48.8 Å². The summed E-state index contributed by atoms with van der Waals surface area (Å²) in [5.74, 6) is 1.61. The topological polar surface area (TPSA) is 55.1 Å². The first kappa shape index (κ1) is 14.4. The predicted molar refractivity (Wildman–Crippen MR) is 85.9 cm³/mol. The molecular weight excluding hydrogens is 260 g/mol. The first-order valence-corrected chi connectivity index (χ1v) is 8.26. The first-order chi connectivity index (χ1) is 10.1. The van der Waals surface area contributed by atoms with Crippen molar-refractivity contribution in [3.63, 3.8) is 0 Å². The summed E-state index contributed by atoms with van der Waals surface area (Å²) >= 11 is 0. The Labute approximate surface area is 127 Å². The molecule has 2 unspecified atom stereocenters. The van der Waals surface area contributed by atoms with E-state index in [0.717, 1.165) is 36.6 Å². The highest BCUT2D eigenvalue weighted by Gasteiger charge is 2.51. The van der Waals surface area contributed by atoms with Gasteiger partial charge in [-0.2, -0.15) is 0 Å². The molecule has 0 aromatic heterocycles. The Bertz CT molecular complexity index is 504.